The van der Waals surface area contributed by atoms with E-state index in [1.54, 1.807) is 0 Å². The molecule has 1 atom stereocenters. The van der Waals surface area contributed by atoms with E-state index >= 15 is 0 Å². The fraction of sp³-hybridized carbons (Fsp3) is 0.786. The van der Waals surface area contributed by atoms with Crippen LogP contribution in [0, 0.1) is 0 Å². The Kier molecular flexibility index (Phi) is 5.20. The molecule has 102 valence electrons. The van der Waals surface area contributed by atoms with Crippen molar-refractivity contribution in [2.24, 2.45) is 0 Å². The third kappa shape index (κ3) is 4.10. The minimum atomic E-state index is -0.246. The highest BCUT2D eigenvalue weighted by Crippen LogP contribution is 2.22. The van der Waals surface area contributed by atoms with Gasteiger partial charge in [-0.25, -0.2) is 0 Å². The van der Waals surface area contributed by atoms with Crippen LogP contribution in [0.15, 0.2) is 18.5 Å². The Morgan fingerprint density at radius 1 is 1.39 bits per heavy atom. The summed E-state index contributed by atoms with van der Waals surface area (Å²) in [4.78, 5) is 2.45. The van der Waals surface area contributed by atoms with Crippen molar-refractivity contribution in [2.75, 3.05) is 13.1 Å². The van der Waals surface area contributed by atoms with Gasteiger partial charge in [-0.3, -0.25) is 9.58 Å². The van der Waals surface area contributed by atoms with E-state index in [9.17, 15) is 5.11 Å². The molecule has 2 rings (SSSR count). The first-order valence-electron chi connectivity index (χ1n) is 7.15. The van der Waals surface area contributed by atoms with Gasteiger partial charge in [-0.1, -0.05) is 19.3 Å². The zero-order valence-corrected chi connectivity index (χ0v) is 11.3. The van der Waals surface area contributed by atoms with Crippen LogP contribution >= 0.6 is 0 Å². The second kappa shape index (κ2) is 6.90. The van der Waals surface area contributed by atoms with Gasteiger partial charge in [0.25, 0.3) is 0 Å². The van der Waals surface area contributed by atoms with E-state index in [0.29, 0.717) is 6.04 Å². The zero-order chi connectivity index (χ0) is 12.8. The fourth-order valence-corrected chi connectivity index (χ4v) is 2.87. The number of aromatic nitrogens is 2. The molecule has 1 aliphatic rings. The highest BCUT2D eigenvalue weighted by atomic mass is 16.3. The first kappa shape index (κ1) is 13.6. The molecular weight excluding hydrogens is 226 g/mol. The summed E-state index contributed by atoms with van der Waals surface area (Å²) in [5, 5.41) is 13.9. The minimum absolute atomic E-state index is 0.246. The summed E-state index contributed by atoms with van der Waals surface area (Å²) in [6.07, 6.45) is 10.2. The van der Waals surface area contributed by atoms with Crippen LogP contribution in [0.2, 0.25) is 0 Å². The Bertz CT molecular complexity index is 318. The molecule has 1 aromatic heterocycles. The predicted octanol–water partition coefficient (Wildman–Crippen LogP) is 1.90. The third-order valence-electron chi connectivity index (χ3n) is 3.77. The van der Waals surface area contributed by atoms with E-state index in [1.807, 2.05) is 30.1 Å². The molecule has 1 aliphatic carbocycles. The molecule has 0 aromatic carbocycles. The van der Waals surface area contributed by atoms with E-state index in [1.165, 1.54) is 32.1 Å². The van der Waals surface area contributed by atoms with E-state index in [2.05, 4.69) is 10.00 Å². The van der Waals surface area contributed by atoms with Crippen molar-refractivity contribution >= 4 is 0 Å². The molecule has 0 amide bonds. The van der Waals surface area contributed by atoms with Crippen LogP contribution in [0.4, 0.5) is 0 Å². The number of hydrogen-bond acceptors (Lipinski definition) is 3. The van der Waals surface area contributed by atoms with Crippen molar-refractivity contribution in [3.63, 3.8) is 0 Å². The average molecular weight is 251 g/mol. The van der Waals surface area contributed by atoms with Crippen molar-refractivity contribution in [3.8, 4) is 0 Å². The van der Waals surface area contributed by atoms with Gasteiger partial charge >= 0.3 is 0 Å². The Morgan fingerprint density at radius 3 is 2.78 bits per heavy atom. The highest BCUT2D eigenvalue weighted by Gasteiger charge is 2.21. The predicted molar refractivity (Wildman–Crippen MR) is 72.4 cm³/mol. The van der Waals surface area contributed by atoms with Crippen LogP contribution in [-0.4, -0.2) is 45.0 Å². The third-order valence-corrected chi connectivity index (χ3v) is 3.77. The molecule has 1 aromatic rings. The van der Waals surface area contributed by atoms with Gasteiger partial charge in [-0.2, -0.15) is 5.10 Å². The van der Waals surface area contributed by atoms with Crippen molar-refractivity contribution < 1.29 is 5.11 Å². The van der Waals surface area contributed by atoms with Crippen molar-refractivity contribution in [3.05, 3.63) is 18.5 Å². The van der Waals surface area contributed by atoms with Gasteiger partial charge in [-0.05, 0) is 25.8 Å². The first-order chi connectivity index (χ1) is 8.75. The monoisotopic (exact) mass is 251 g/mol. The molecule has 18 heavy (non-hydrogen) atoms. The van der Waals surface area contributed by atoms with Crippen molar-refractivity contribution in [1.82, 2.24) is 14.7 Å². The number of aliphatic hydroxyl groups is 1. The molecule has 0 radical (unpaired) electrons. The molecule has 0 aliphatic heterocycles. The van der Waals surface area contributed by atoms with E-state index in [4.69, 9.17) is 0 Å². The Labute approximate surface area is 110 Å². The Balaban J connectivity index is 1.87. The summed E-state index contributed by atoms with van der Waals surface area (Å²) in [6, 6.07) is 2.61. The molecule has 1 heterocycles. The van der Waals surface area contributed by atoms with Gasteiger partial charge < -0.3 is 5.11 Å². The summed E-state index contributed by atoms with van der Waals surface area (Å²) in [5.74, 6) is 0. The van der Waals surface area contributed by atoms with Crippen LogP contribution in [-0.2, 0) is 6.54 Å². The summed E-state index contributed by atoms with van der Waals surface area (Å²) in [6.45, 7) is 4.56. The fourth-order valence-electron chi connectivity index (χ4n) is 2.87. The SMILES string of the molecule is CC(O)CN(CCn1cccn1)C1CCCCC1. The molecule has 1 fully saturated rings. The molecule has 0 saturated heterocycles. The molecule has 0 spiro atoms. The lowest BCUT2D eigenvalue weighted by atomic mass is 9.94. The topological polar surface area (TPSA) is 41.3 Å². The summed E-state index contributed by atoms with van der Waals surface area (Å²) >= 11 is 0. The summed E-state index contributed by atoms with van der Waals surface area (Å²) < 4.78 is 1.97. The smallest absolute Gasteiger partial charge is 0.0639 e. The van der Waals surface area contributed by atoms with Crippen molar-refractivity contribution in [1.29, 1.82) is 0 Å². The van der Waals surface area contributed by atoms with Gasteiger partial charge in [0.05, 0.1) is 12.6 Å². The Morgan fingerprint density at radius 2 is 2.17 bits per heavy atom. The normalized spacial score (nSPS) is 19.3. The second-order valence-electron chi connectivity index (χ2n) is 5.40. The number of nitrogens with zero attached hydrogens (tertiary/aromatic N) is 3. The van der Waals surface area contributed by atoms with Crippen LogP contribution in [0.5, 0.6) is 0 Å². The lowest BCUT2D eigenvalue weighted by Gasteiger charge is -2.35. The minimum Gasteiger partial charge on any atom is -0.392 e. The average Bonchev–Trinajstić information content (AvgIpc) is 2.88. The van der Waals surface area contributed by atoms with E-state index < -0.39 is 0 Å². The molecule has 1 unspecified atom stereocenters. The lowest BCUT2D eigenvalue weighted by Crippen LogP contribution is -2.42. The van der Waals surface area contributed by atoms with Gasteiger partial charge in [-0.15, -0.1) is 0 Å². The second-order valence-corrected chi connectivity index (χ2v) is 5.40. The lowest BCUT2D eigenvalue weighted by molar-refractivity contribution is 0.0789. The molecule has 1 N–H and O–H groups in total. The maximum Gasteiger partial charge on any atom is 0.0639 e. The number of hydrogen-bond donors (Lipinski definition) is 1. The molecule has 4 heteroatoms. The summed E-state index contributed by atoms with van der Waals surface area (Å²) in [7, 11) is 0. The Hall–Kier alpha value is -0.870. The molecule has 0 bridgehead atoms. The maximum absolute atomic E-state index is 9.65. The molecular formula is C14H25N3O. The largest absolute Gasteiger partial charge is 0.392 e. The number of rotatable bonds is 6. The van der Waals surface area contributed by atoms with Gasteiger partial charge in [0.1, 0.15) is 0 Å². The zero-order valence-electron chi connectivity index (χ0n) is 11.3. The van der Waals surface area contributed by atoms with E-state index in [0.717, 1.165) is 19.6 Å². The van der Waals surface area contributed by atoms with Gasteiger partial charge in [0.15, 0.2) is 0 Å². The van der Waals surface area contributed by atoms with E-state index in [-0.39, 0.29) is 6.10 Å². The van der Waals surface area contributed by atoms with Crippen molar-refractivity contribution in [2.45, 2.75) is 57.7 Å². The quantitative estimate of drug-likeness (QED) is 0.839. The highest BCUT2D eigenvalue weighted by molar-refractivity contribution is 4.80. The number of aliphatic hydroxyl groups excluding tert-OH is 1. The molecule has 4 nitrogen and oxygen atoms in total. The van der Waals surface area contributed by atoms with Gasteiger partial charge in [0.2, 0.25) is 0 Å². The first-order valence-corrected chi connectivity index (χ1v) is 7.15. The standard InChI is InChI=1S/C14H25N3O/c1-13(18)12-16(14-6-3-2-4-7-14)10-11-17-9-5-8-15-17/h5,8-9,13-14,18H,2-4,6-7,10-12H2,1H3. The van der Waals surface area contributed by atoms with Crippen LogP contribution in [0.25, 0.3) is 0 Å². The van der Waals surface area contributed by atoms with Gasteiger partial charge in [0, 0.05) is 31.5 Å². The van der Waals surface area contributed by atoms with Crippen LogP contribution < -0.4 is 0 Å². The van der Waals surface area contributed by atoms with Crippen LogP contribution in [0.3, 0.4) is 0 Å². The summed E-state index contributed by atoms with van der Waals surface area (Å²) in [5.41, 5.74) is 0. The molecule has 1 saturated carbocycles. The van der Waals surface area contributed by atoms with Crippen LogP contribution in [0.1, 0.15) is 39.0 Å². The maximum atomic E-state index is 9.65.